The molecule has 0 saturated carbocycles. The minimum atomic E-state index is 1.22. The highest BCUT2D eigenvalue weighted by Crippen LogP contribution is 2.22. The number of allylic oxidation sites excluding steroid dienone is 1. The first-order valence-electron chi connectivity index (χ1n) is 11.0. The van der Waals surface area contributed by atoms with Gasteiger partial charge in [0, 0.05) is 0 Å². The van der Waals surface area contributed by atoms with Crippen LogP contribution in [0.25, 0.3) is 27.6 Å². The number of unbranched alkanes of at least 4 members (excludes halogenated alkanes) is 5. The first-order valence-corrected chi connectivity index (χ1v) is 11.0. The van der Waals surface area contributed by atoms with Gasteiger partial charge in [-0.25, -0.2) is 0 Å². The fourth-order valence-electron chi connectivity index (χ4n) is 3.53. The molecule has 0 unspecified atom stereocenters. The second-order valence-electron chi connectivity index (χ2n) is 7.56. The minimum absolute atomic E-state index is 1.22. The van der Waals surface area contributed by atoms with Crippen molar-refractivity contribution in [3.05, 3.63) is 103 Å². The molecule has 0 heteroatoms. The molecule has 0 atom stereocenters. The van der Waals surface area contributed by atoms with Gasteiger partial charge in [0.15, 0.2) is 0 Å². The average molecular weight is 381 g/mol. The molecule has 0 heterocycles. The van der Waals surface area contributed by atoms with Crippen LogP contribution in [-0.2, 0) is 0 Å². The molecule has 4 aromatic rings. The molecule has 0 spiro atoms. The van der Waals surface area contributed by atoms with Gasteiger partial charge in [0.05, 0.1) is 0 Å². The molecule has 0 aromatic heterocycles. The van der Waals surface area contributed by atoms with E-state index in [0.717, 1.165) is 0 Å². The van der Waals surface area contributed by atoms with Crippen molar-refractivity contribution in [1.82, 2.24) is 0 Å². The van der Waals surface area contributed by atoms with Gasteiger partial charge in [0.1, 0.15) is 0 Å². The third-order valence-electron chi connectivity index (χ3n) is 5.20. The molecule has 4 rings (SSSR count). The largest absolute Gasteiger partial charge is 0.0839 e. The predicted molar refractivity (Wildman–Crippen MR) is 130 cm³/mol. The van der Waals surface area contributed by atoms with E-state index in [1.165, 1.54) is 65.6 Å². The van der Waals surface area contributed by atoms with Crippen LogP contribution in [0.5, 0.6) is 0 Å². The molecular formula is C29H32. The Morgan fingerprint density at radius 2 is 1.03 bits per heavy atom. The zero-order valence-corrected chi connectivity index (χ0v) is 17.6. The van der Waals surface area contributed by atoms with Gasteiger partial charge in [-0.2, -0.15) is 0 Å². The Morgan fingerprint density at radius 3 is 1.55 bits per heavy atom. The molecule has 0 bridgehead atoms. The van der Waals surface area contributed by atoms with Crippen molar-refractivity contribution >= 4 is 27.6 Å². The monoisotopic (exact) mass is 380 g/mol. The van der Waals surface area contributed by atoms with E-state index in [1.807, 2.05) is 0 Å². The van der Waals surface area contributed by atoms with Crippen LogP contribution in [0.1, 0.15) is 51.0 Å². The first-order chi connectivity index (χ1) is 14.4. The van der Waals surface area contributed by atoms with Gasteiger partial charge in [-0.05, 0) is 52.1 Å². The molecule has 148 valence electrons. The lowest BCUT2D eigenvalue weighted by Crippen LogP contribution is -1.76. The van der Waals surface area contributed by atoms with Crippen molar-refractivity contribution < 1.29 is 0 Å². The standard InChI is InChI=1S/C15H22.C14H10/c1-2-3-4-5-6-7-9-12-15-13-10-8-11-14-15;1-2-6-12-10-14-8-4-3-7-13(14)9-11(12)5-1/h8-14H,2-7H2,1H3;1-10H. The van der Waals surface area contributed by atoms with E-state index in [4.69, 9.17) is 0 Å². The highest BCUT2D eigenvalue weighted by atomic mass is 14.0. The summed E-state index contributed by atoms with van der Waals surface area (Å²) >= 11 is 0. The average Bonchev–Trinajstić information content (AvgIpc) is 2.78. The van der Waals surface area contributed by atoms with Crippen LogP contribution in [0.2, 0.25) is 0 Å². The predicted octanol–water partition coefficient (Wildman–Crippen LogP) is 9.05. The Hall–Kier alpha value is -2.86. The summed E-state index contributed by atoms with van der Waals surface area (Å²) in [5.74, 6) is 0. The van der Waals surface area contributed by atoms with Gasteiger partial charge in [0.25, 0.3) is 0 Å². The summed E-state index contributed by atoms with van der Waals surface area (Å²) in [5, 5.41) is 5.25. The fourth-order valence-corrected chi connectivity index (χ4v) is 3.53. The minimum Gasteiger partial charge on any atom is -0.0839 e. The van der Waals surface area contributed by atoms with Gasteiger partial charge in [0.2, 0.25) is 0 Å². The first kappa shape index (κ1) is 20.9. The van der Waals surface area contributed by atoms with Crippen molar-refractivity contribution in [3.8, 4) is 0 Å². The Bertz CT molecular complexity index is 906. The Kier molecular flexibility index (Phi) is 8.54. The molecular weight excluding hydrogens is 348 g/mol. The van der Waals surface area contributed by atoms with Crippen LogP contribution < -0.4 is 0 Å². The number of fused-ring (bicyclic) bond motifs is 2. The molecule has 29 heavy (non-hydrogen) atoms. The van der Waals surface area contributed by atoms with E-state index in [2.05, 4.69) is 110 Å². The van der Waals surface area contributed by atoms with E-state index in [1.54, 1.807) is 0 Å². The van der Waals surface area contributed by atoms with Gasteiger partial charge in [-0.1, -0.05) is 124 Å². The topological polar surface area (TPSA) is 0 Å². The summed E-state index contributed by atoms with van der Waals surface area (Å²) in [6.45, 7) is 2.26. The molecule has 0 aliphatic rings. The summed E-state index contributed by atoms with van der Waals surface area (Å²) < 4.78 is 0. The lowest BCUT2D eigenvalue weighted by Gasteiger charge is -2.00. The van der Waals surface area contributed by atoms with E-state index in [0.29, 0.717) is 0 Å². The summed E-state index contributed by atoms with van der Waals surface area (Å²) in [7, 11) is 0. The smallest absolute Gasteiger partial charge is 0.0178 e. The number of benzene rings is 4. The molecule has 0 radical (unpaired) electrons. The van der Waals surface area contributed by atoms with Crippen molar-refractivity contribution in [2.24, 2.45) is 0 Å². The van der Waals surface area contributed by atoms with E-state index in [-0.39, 0.29) is 0 Å². The summed E-state index contributed by atoms with van der Waals surface area (Å²) in [6, 6.07) is 31.9. The molecule has 0 saturated heterocycles. The van der Waals surface area contributed by atoms with Gasteiger partial charge < -0.3 is 0 Å². The van der Waals surface area contributed by atoms with Crippen LogP contribution in [0.15, 0.2) is 97.1 Å². The van der Waals surface area contributed by atoms with Gasteiger partial charge >= 0.3 is 0 Å². The lowest BCUT2D eigenvalue weighted by atomic mass is 10.0. The van der Waals surface area contributed by atoms with Crippen molar-refractivity contribution in [3.63, 3.8) is 0 Å². The number of rotatable bonds is 7. The maximum Gasteiger partial charge on any atom is -0.0178 e. The summed E-state index contributed by atoms with van der Waals surface area (Å²) in [5.41, 5.74) is 1.31. The fraction of sp³-hybridized carbons (Fsp3) is 0.241. The third-order valence-corrected chi connectivity index (χ3v) is 5.20. The van der Waals surface area contributed by atoms with Crippen molar-refractivity contribution in [1.29, 1.82) is 0 Å². The lowest BCUT2D eigenvalue weighted by molar-refractivity contribution is 0.638. The quantitative estimate of drug-likeness (QED) is 0.221. The Labute approximate surface area is 175 Å². The van der Waals surface area contributed by atoms with Gasteiger partial charge in [-0.3, -0.25) is 0 Å². The zero-order valence-electron chi connectivity index (χ0n) is 17.6. The summed E-state index contributed by atoms with van der Waals surface area (Å²) in [6.07, 6.45) is 12.6. The summed E-state index contributed by atoms with van der Waals surface area (Å²) in [4.78, 5) is 0. The third kappa shape index (κ3) is 6.91. The van der Waals surface area contributed by atoms with Crippen molar-refractivity contribution in [2.45, 2.75) is 45.4 Å². The Balaban J connectivity index is 0.000000166. The van der Waals surface area contributed by atoms with E-state index >= 15 is 0 Å². The molecule has 0 nitrogen and oxygen atoms in total. The van der Waals surface area contributed by atoms with Crippen LogP contribution >= 0.6 is 0 Å². The molecule has 0 amide bonds. The molecule has 0 fully saturated rings. The van der Waals surface area contributed by atoms with Crippen LogP contribution in [0.3, 0.4) is 0 Å². The number of hydrogen-bond acceptors (Lipinski definition) is 0. The van der Waals surface area contributed by atoms with Crippen LogP contribution in [0.4, 0.5) is 0 Å². The van der Waals surface area contributed by atoms with E-state index in [9.17, 15) is 0 Å². The van der Waals surface area contributed by atoms with Gasteiger partial charge in [-0.15, -0.1) is 0 Å². The highest BCUT2D eigenvalue weighted by molar-refractivity contribution is 5.98. The van der Waals surface area contributed by atoms with Crippen LogP contribution in [-0.4, -0.2) is 0 Å². The highest BCUT2D eigenvalue weighted by Gasteiger charge is 1.95. The maximum absolute atomic E-state index is 2.29. The molecule has 0 N–H and O–H groups in total. The molecule has 0 aliphatic carbocycles. The van der Waals surface area contributed by atoms with Crippen molar-refractivity contribution in [2.75, 3.05) is 0 Å². The SMILES string of the molecule is CCCCCCCC=Cc1ccccc1.c1ccc2cc3ccccc3cc2c1. The molecule has 0 aliphatic heterocycles. The van der Waals surface area contributed by atoms with Crippen LogP contribution in [0, 0.1) is 0 Å². The zero-order chi connectivity index (χ0) is 20.2. The number of hydrogen-bond donors (Lipinski definition) is 0. The van der Waals surface area contributed by atoms with E-state index < -0.39 is 0 Å². The molecule has 4 aromatic carbocycles. The Morgan fingerprint density at radius 1 is 0.552 bits per heavy atom. The second-order valence-corrected chi connectivity index (χ2v) is 7.56. The second kappa shape index (κ2) is 11.9. The normalized spacial score (nSPS) is 10.9. The maximum atomic E-state index is 2.29.